The van der Waals surface area contributed by atoms with Gasteiger partial charge in [-0.1, -0.05) is 0 Å². The molecule has 2 rings (SSSR count). The second-order valence-corrected chi connectivity index (χ2v) is 6.19. The third-order valence-corrected chi connectivity index (χ3v) is 4.32. The van der Waals surface area contributed by atoms with E-state index in [1.54, 1.807) is 19.2 Å². The molecule has 126 valence electrons. The number of aromatic nitrogens is 1. The molecule has 0 spiro atoms. The highest BCUT2D eigenvalue weighted by Crippen LogP contribution is 2.17. The van der Waals surface area contributed by atoms with E-state index in [0.717, 1.165) is 32.4 Å². The first-order valence-electron chi connectivity index (χ1n) is 7.87. The van der Waals surface area contributed by atoms with Crippen LogP contribution in [0.5, 0.6) is 0 Å². The van der Waals surface area contributed by atoms with E-state index in [-0.39, 0.29) is 6.03 Å². The number of pyridine rings is 1. The summed E-state index contributed by atoms with van der Waals surface area (Å²) in [5, 5.41) is 2.81. The summed E-state index contributed by atoms with van der Waals surface area (Å²) in [6.45, 7) is 3.16. The van der Waals surface area contributed by atoms with Crippen molar-refractivity contribution in [2.75, 3.05) is 32.5 Å². The average molecular weight is 319 g/mol. The maximum absolute atomic E-state index is 12.4. The molecule has 0 saturated carbocycles. The fourth-order valence-corrected chi connectivity index (χ4v) is 2.85. The van der Waals surface area contributed by atoms with Gasteiger partial charge in [0.05, 0.1) is 23.1 Å². The molecule has 23 heavy (non-hydrogen) atoms. The van der Waals surface area contributed by atoms with Gasteiger partial charge in [-0.25, -0.2) is 4.79 Å². The van der Waals surface area contributed by atoms with Gasteiger partial charge in [-0.3, -0.25) is 9.78 Å². The predicted molar refractivity (Wildman–Crippen MR) is 89.4 cm³/mol. The second-order valence-electron chi connectivity index (χ2n) is 6.19. The van der Waals surface area contributed by atoms with Crippen molar-refractivity contribution in [1.82, 2.24) is 14.8 Å². The van der Waals surface area contributed by atoms with Crippen molar-refractivity contribution in [3.8, 4) is 0 Å². The summed E-state index contributed by atoms with van der Waals surface area (Å²) in [4.78, 5) is 31.9. The molecule has 1 aliphatic rings. The van der Waals surface area contributed by atoms with Gasteiger partial charge in [0.1, 0.15) is 0 Å². The van der Waals surface area contributed by atoms with E-state index in [0.29, 0.717) is 23.0 Å². The Morgan fingerprint density at radius 3 is 2.74 bits per heavy atom. The highest BCUT2D eigenvalue weighted by molar-refractivity contribution is 5.96. The number of carbonyl (C=O) groups is 2. The van der Waals surface area contributed by atoms with Crippen LogP contribution >= 0.6 is 0 Å². The van der Waals surface area contributed by atoms with Gasteiger partial charge in [-0.2, -0.15) is 0 Å². The lowest BCUT2D eigenvalue weighted by Crippen LogP contribution is -2.36. The lowest BCUT2D eigenvalue weighted by Gasteiger charge is -2.23. The molecule has 0 aliphatic carbocycles. The Balaban J connectivity index is 2.02. The lowest BCUT2D eigenvalue weighted by atomic mass is 10.1. The standard InChI is InChI=1S/C16H25N5O2/c1-11-14(15(17)22)9-12(10-18-11)19-16(23)21-7-4-5-13(6-8-21)20(2)3/h9-10,13H,4-8H2,1-3H3,(H2,17,22)(H,19,23). The zero-order valence-electron chi connectivity index (χ0n) is 14.0. The average Bonchev–Trinajstić information content (AvgIpc) is 2.75. The summed E-state index contributed by atoms with van der Waals surface area (Å²) in [6.07, 6.45) is 4.57. The van der Waals surface area contributed by atoms with Gasteiger partial charge < -0.3 is 20.9 Å². The van der Waals surface area contributed by atoms with E-state index < -0.39 is 5.91 Å². The van der Waals surface area contributed by atoms with Crippen molar-refractivity contribution >= 4 is 17.6 Å². The van der Waals surface area contributed by atoms with Crippen LogP contribution in [0.1, 0.15) is 35.3 Å². The van der Waals surface area contributed by atoms with Crippen LogP contribution in [0, 0.1) is 6.92 Å². The van der Waals surface area contributed by atoms with Crippen molar-refractivity contribution < 1.29 is 9.59 Å². The molecule has 1 aromatic rings. The molecule has 7 nitrogen and oxygen atoms in total. The normalized spacial score (nSPS) is 18.6. The van der Waals surface area contributed by atoms with Crippen LogP contribution in [0.2, 0.25) is 0 Å². The molecule has 1 fully saturated rings. The number of nitrogens with one attached hydrogen (secondary N) is 1. The molecular formula is C16H25N5O2. The summed E-state index contributed by atoms with van der Waals surface area (Å²) >= 11 is 0. The van der Waals surface area contributed by atoms with Gasteiger partial charge in [-0.15, -0.1) is 0 Å². The Morgan fingerprint density at radius 1 is 1.35 bits per heavy atom. The number of nitrogens with zero attached hydrogens (tertiary/aromatic N) is 3. The summed E-state index contributed by atoms with van der Waals surface area (Å²) in [5.74, 6) is -0.547. The van der Waals surface area contributed by atoms with Gasteiger partial charge in [0.2, 0.25) is 0 Å². The molecule has 0 aromatic carbocycles. The summed E-state index contributed by atoms with van der Waals surface area (Å²) in [6, 6.07) is 1.92. The number of carbonyl (C=O) groups excluding carboxylic acids is 2. The van der Waals surface area contributed by atoms with Crippen LogP contribution in [0.15, 0.2) is 12.3 Å². The van der Waals surface area contributed by atoms with E-state index >= 15 is 0 Å². The van der Waals surface area contributed by atoms with Crippen LogP contribution in [-0.4, -0.2) is 59.9 Å². The van der Waals surface area contributed by atoms with Gasteiger partial charge in [0.25, 0.3) is 5.91 Å². The zero-order valence-corrected chi connectivity index (χ0v) is 14.0. The van der Waals surface area contributed by atoms with Gasteiger partial charge in [0, 0.05) is 19.1 Å². The summed E-state index contributed by atoms with van der Waals surface area (Å²) in [7, 11) is 4.15. The lowest BCUT2D eigenvalue weighted by molar-refractivity contribution is 0.0999. The molecule has 1 aliphatic heterocycles. The molecule has 0 bridgehead atoms. The van der Waals surface area contributed by atoms with Crippen molar-refractivity contribution in [2.24, 2.45) is 5.73 Å². The Labute approximate surface area is 136 Å². The number of hydrogen-bond donors (Lipinski definition) is 2. The van der Waals surface area contributed by atoms with Crippen LogP contribution in [0.4, 0.5) is 10.5 Å². The number of nitrogens with two attached hydrogens (primary N) is 1. The van der Waals surface area contributed by atoms with E-state index in [9.17, 15) is 9.59 Å². The van der Waals surface area contributed by atoms with Crippen molar-refractivity contribution in [2.45, 2.75) is 32.2 Å². The molecule has 1 aromatic heterocycles. The van der Waals surface area contributed by atoms with E-state index in [1.165, 1.54) is 0 Å². The smallest absolute Gasteiger partial charge is 0.321 e. The fourth-order valence-electron chi connectivity index (χ4n) is 2.85. The highest BCUT2D eigenvalue weighted by atomic mass is 16.2. The van der Waals surface area contributed by atoms with E-state index in [1.807, 2.05) is 4.90 Å². The van der Waals surface area contributed by atoms with Crippen LogP contribution < -0.4 is 11.1 Å². The number of urea groups is 1. The van der Waals surface area contributed by atoms with Crippen LogP contribution in [0.3, 0.4) is 0 Å². The number of hydrogen-bond acceptors (Lipinski definition) is 4. The molecule has 1 saturated heterocycles. The Kier molecular flexibility index (Phi) is 5.54. The fraction of sp³-hybridized carbons (Fsp3) is 0.562. The minimum absolute atomic E-state index is 0.162. The summed E-state index contributed by atoms with van der Waals surface area (Å²) in [5.41, 5.74) is 6.68. The monoisotopic (exact) mass is 319 g/mol. The molecule has 1 atom stereocenters. The van der Waals surface area contributed by atoms with Gasteiger partial charge in [0.15, 0.2) is 0 Å². The van der Waals surface area contributed by atoms with Crippen molar-refractivity contribution in [1.29, 1.82) is 0 Å². The molecule has 0 radical (unpaired) electrons. The molecule has 2 heterocycles. The van der Waals surface area contributed by atoms with E-state index in [4.69, 9.17) is 5.73 Å². The van der Waals surface area contributed by atoms with E-state index in [2.05, 4.69) is 29.3 Å². The van der Waals surface area contributed by atoms with Crippen molar-refractivity contribution in [3.05, 3.63) is 23.5 Å². The molecular weight excluding hydrogens is 294 g/mol. The first kappa shape index (κ1) is 17.2. The minimum atomic E-state index is -0.547. The first-order chi connectivity index (χ1) is 10.9. The summed E-state index contributed by atoms with van der Waals surface area (Å²) < 4.78 is 0. The highest BCUT2D eigenvalue weighted by Gasteiger charge is 2.22. The minimum Gasteiger partial charge on any atom is -0.366 e. The number of likely N-dealkylation sites (tertiary alicyclic amines) is 1. The molecule has 3 amide bonds. The number of primary amides is 1. The largest absolute Gasteiger partial charge is 0.366 e. The molecule has 3 N–H and O–H groups in total. The van der Waals surface area contributed by atoms with Crippen molar-refractivity contribution in [3.63, 3.8) is 0 Å². The van der Waals surface area contributed by atoms with Gasteiger partial charge in [-0.05, 0) is 46.3 Å². The Hall–Kier alpha value is -2.15. The molecule has 7 heteroatoms. The Bertz CT molecular complexity index is 588. The Morgan fingerprint density at radius 2 is 2.09 bits per heavy atom. The number of amides is 3. The maximum Gasteiger partial charge on any atom is 0.321 e. The number of aryl methyl sites for hydroxylation is 1. The van der Waals surface area contributed by atoms with Crippen LogP contribution in [-0.2, 0) is 0 Å². The second kappa shape index (κ2) is 7.41. The number of anilines is 1. The van der Waals surface area contributed by atoms with Crippen LogP contribution in [0.25, 0.3) is 0 Å². The maximum atomic E-state index is 12.4. The topological polar surface area (TPSA) is 91.6 Å². The first-order valence-corrected chi connectivity index (χ1v) is 7.87. The quantitative estimate of drug-likeness (QED) is 0.882. The van der Waals surface area contributed by atoms with Gasteiger partial charge >= 0.3 is 6.03 Å². The zero-order chi connectivity index (χ0) is 17.0. The molecule has 1 unspecified atom stereocenters. The third-order valence-electron chi connectivity index (χ3n) is 4.32. The SMILES string of the molecule is Cc1ncc(NC(=O)N2CCCC(N(C)C)CC2)cc1C(N)=O. The third kappa shape index (κ3) is 4.41. The predicted octanol–water partition coefficient (Wildman–Crippen LogP) is 1.44. The number of rotatable bonds is 3.